The van der Waals surface area contributed by atoms with Crippen LogP contribution in [-0.4, -0.2) is 37.1 Å². The van der Waals surface area contributed by atoms with Crippen LogP contribution in [0, 0.1) is 0 Å². The molecule has 0 unspecified atom stereocenters. The zero-order valence-electron chi connectivity index (χ0n) is 13.3. The molecule has 4 rings (SSSR count). The highest BCUT2D eigenvalue weighted by Crippen LogP contribution is 2.32. The fraction of sp³-hybridized carbons (Fsp3) is 0.353. The Morgan fingerprint density at radius 2 is 2.13 bits per heavy atom. The molecule has 1 N–H and O–H groups in total. The molecule has 1 aromatic carbocycles. The number of nitrogens with one attached hydrogen (secondary N) is 1. The first kappa shape index (κ1) is 14.0. The Morgan fingerprint density at radius 3 is 2.96 bits per heavy atom. The minimum Gasteiger partial charge on any atom is -0.360 e. The number of benzene rings is 1. The second-order valence-corrected chi connectivity index (χ2v) is 5.99. The first-order valence-electron chi connectivity index (χ1n) is 7.99. The molecule has 6 nitrogen and oxygen atoms in total. The quantitative estimate of drug-likeness (QED) is 0.809. The fourth-order valence-corrected chi connectivity index (χ4v) is 3.36. The van der Waals surface area contributed by atoms with Crippen LogP contribution in [0.15, 0.2) is 30.5 Å². The van der Waals surface area contributed by atoms with Gasteiger partial charge in [0.05, 0.1) is 6.54 Å². The molecule has 1 amide bonds. The van der Waals surface area contributed by atoms with E-state index in [9.17, 15) is 4.79 Å². The summed E-state index contributed by atoms with van der Waals surface area (Å²) >= 11 is 0. The van der Waals surface area contributed by atoms with Crippen molar-refractivity contribution in [2.24, 2.45) is 0 Å². The van der Waals surface area contributed by atoms with Crippen molar-refractivity contribution < 1.29 is 4.79 Å². The lowest BCUT2D eigenvalue weighted by atomic mass is 10.1. The van der Waals surface area contributed by atoms with E-state index >= 15 is 0 Å². The Hall–Kier alpha value is -2.63. The molecule has 2 aromatic heterocycles. The largest absolute Gasteiger partial charge is 0.360 e. The molecule has 6 heteroatoms. The Balaban J connectivity index is 1.83. The molecule has 0 saturated heterocycles. The second-order valence-electron chi connectivity index (χ2n) is 5.99. The number of hydrogen-bond donors (Lipinski definition) is 1. The van der Waals surface area contributed by atoms with Gasteiger partial charge in [0.2, 0.25) is 5.91 Å². The van der Waals surface area contributed by atoms with Gasteiger partial charge in [0.1, 0.15) is 6.04 Å². The number of aromatic nitrogens is 4. The van der Waals surface area contributed by atoms with E-state index in [2.05, 4.69) is 28.2 Å². The molecule has 0 bridgehead atoms. The van der Waals surface area contributed by atoms with Crippen LogP contribution < -0.4 is 0 Å². The van der Waals surface area contributed by atoms with Crippen molar-refractivity contribution in [1.29, 1.82) is 0 Å². The van der Waals surface area contributed by atoms with E-state index in [4.69, 9.17) is 0 Å². The van der Waals surface area contributed by atoms with E-state index < -0.39 is 0 Å². The van der Waals surface area contributed by atoms with E-state index in [1.807, 2.05) is 40.8 Å². The molecule has 23 heavy (non-hydrogen) atoms. The van der Waals surface area contributed by atoms with Crippen molar-refractivity contribution in [3.63, 3.8) is 0 Å². The molecule has 0 radical (unpaired) electrons. The number of hydrogen-bond acceptors (Lipinski definition) is 3. The highest BCUT2D eigenvalue weighted by Gasteiger charge is 2.33. The number of carbonyl (C=O) groups is 1. The SMILES string of the molecule is CCCN1Cc2nnc(-c3c[nH]c4ccccc34)n2[C@@H](C)C1=O. The summed E-state index contributed by atoms with van der Waals surface area (Å²) in [5.74, 6) is 1.75. The third-order valence-electron chi connectivity index (χ3n) is 4.48. The number of rotatable bonds is 3. The summed E-state index contributed by atoms with van der Waals surface area (Å²) in [6, 6.07) is 7.82. The Kier molecular flexibility index (Phi) is 3.18. The Morgan fingerprint density at radius 1 is 1.30 bits per heavy atom. The third-order valence-corrected chi connectivity index (χ3v) is 4.48. The van der Waals surface area contributed by atoms with E-state index in [1.165, 1.54) is 0 Å². The van der Waals surface area contributed by atoms with Gasteiger partial charge in [0.15, 0.2) is 11.6 Å². The van der Waals surface area contributed by atoms with Crippen LogP contribution in [0.3, 0.4) is 0 Å². The van der Waals surface area contributed by atoms with E-state index in [0.29, 0.717) is 6.54 Å². The molecule has 3 heterocycles. The Bertz CT molecular complexity index is 878. The lowest BCUT2D eigenvalue weighted by molar-refractivity contribution is -0.136. The van der Waals surface area contributed by atoms with Gasteiger partial charge in [-0.05, 0) is 19.4 Å². The molecule has 0 fully saturated rings. The van der Waals surface area contributed by atoms with Crippen LogP contribution in [0.5, 0.6) is 0 Å². The highest BCUT2D eigenvalue weighted by atomic mass is 16.2. The molecule has 0 saturated carbocycles. The number of amides is 1. The number of nitrogens with zero attached hydrogens (tertiary/aromatic N) is 4. The molecule has 1 aliphatic rings. The van der Waals surface area contributed by atoms with E-state index in [1.54, 1.807) is 0 Å². The number of para-hydroxylation sites is 1. The van der Waals surface area contributed by atoms with Gasteiger partial charge in [-0.2, -0.15) is 0 Å². The molecule has 118 valence electrons. The van der Waals surface area contributed by atoms with Crippen LogP contribution >= 0.6 is 0 Å². The summed E-state index contributed by atoms with van der Waals surface area (Å²) in [6.45, 7) is 5.30. The van der Waals surface area contributed by atoms with Crippen molar-refractivity contribution in [3.8, 4) is 11.4 Å². The van der Waals surface area contributed by atoms with Gasteiger partial charge in [-0.15, -0.1) is 10.2 Å². The fourth-order valence-electron chi connectivity index (χ4n) is 3.36. The maximum atomic E-state index is 12.6. The van der Waals surface area contributed by atoms with Gasteiger partial charge in [-0.25, -0.2) is 0 Å². The smallest absolute Gasteiger partial charge is 0.245 e. The summed E-state index contributed by atoms with van der Waals surface area (Å²) in [7, 11) is 0. The van der Waals surface area contributed by atoms with Crippen LogP contribution in [0.4, 0.5) is 0 Å². The van der Waals surface area contributed by atoms with Gasteiger partial charge in [-0.1, -0.05) is 25.1 Å². The number of fused-ring (bicyclic) bond motifs is 2. The minimum absolute atomic E-state index is 0.139. The summed E-state index contributed by atoms with van der Waals surface area (Å²) < 4.78 is 1.98. The molecular weight excluding hydrogens is 290 g/mol. The van der Waals surface area contributed by atoms with Gasteiger partial charge in [0.25, 0.3) is 0 Å². The van der Waals surface area contributed by atoms with Gasteiger partial charge in [0, 0.05) is 29.2 Å². The summed E-state index contributed by atoms with van der Waals surface area (Å²) in [5, 5.41) is 9.82. The average molecular weight is 309 g/mol. The van der Waals surface area contributed by atoms with Crippen LogP contribution in [0.25, 0.3) is 22.3 Å². The van der Waals surface area contributed by atoms with Crippen LogP contribution in [0.1, 0.15) is 32.1 Å². The first-order chi connectivity index (χ1) is 11.2. The van der Waals surface area contributed by atoms with Crippen molar-refractivity contribution in [2.75, 3.05) is 6.54 Å². The summed E-state index contributed by atoms with van der Waals surface area (Å²) in [6.07, 6.45) is 2.89. The number of aromatic amines is 1. The van der Waals surface area contributed by atoms with Crippen LogP contribution in [0.2, 0.25) is 0 Å². The second kappa shape index (κ2) is 5.22. The Labute approximate surface area is 134 Å². The monoisotopic (exact) mass is 309 g/mol. The molecule has 0 aliphatic carbocycles. The molecular formula is C17H19N5O. The number of H-pyrrole nitrogens is 1. The maximum absolute atomic E-state index is 12.6. The molecule has 3 aromatic rings. The topological polar surface area (TPSA) is 66.8 Å². The average Bonchev–Trinajstić information content (AvgIpc) is 3.16. The zero-order valence-corrected chi connectivity index (χ0v) is 13.3. The van der Waals surface area contributed by atoms with Gasteiger partial charge in [-0.3, -0.25) is 9.36 Å². The molecule has 0 spiro atoms. The van der Waals surface area contributed by atoms with E-state index in [-0.39, 0.29) is 11.9 Å². The lowest BCUT2D eigenvalue weighted by Gasteiger charge is -2.31. The van der Waals surface area contributed by atoms with Gasteiger partial charge < -0.3 is 9.88 Å². The van der Waals surface area contributed by atoms with Crippen LogP contribution in [-0.2, 0) is 11.3 Å². The van der Waals surface area contributed by atoms with Gasteiger partial charge >= 0.3 is 0 Å². The zero-order chi connectivity index (χ0) is 16.0. The number of carbonyl (C=O) groups excluding carboxylic acids is 1. The molecule has 1 atom stereocenters. The first-order valence-corrected chi connectivity index (χ1v) is 7.99. The predicted molar refractivity (Wildman–Crippen MR) is 87.7 cm³/mol. The molecule has 1 aliphatic heterocycles. The van der Waals surface area contributed by atoms with Crippen molar-refractivity contribution in [1.82, 2.24) is 24.6 Å². The minimum atomic E-state index is -0.274. The van der Waals surface area contributed by atoms with E-state index in [0.717, 1.165) is 41.1 Å². The van der Waals surface area contributed by atoms with Crippen molar-refractivity contribution >= 4 is 16.8 Å². The summed E-state index contributed by atoms with van der Waals surface area (Å²) in [4.78, 5) is 17.7. The lowest BCUT2D eigenvalue weighted by Crippen LogP contribution is -2.42. The normalized spacial score (nSPS) is 17.7. The third kappa shape index (κ3) is 2.05. The highest BCUT2D eigenvalue weighted by molar-refractivity contribution is 5.94. The maximum Gasteiger partial charge on any atom is 0.245 e. The summed E-state index contributed by atoms with van der Waals surface area (Å²) in [5.41, 5.74) is 2.05. The standard InChI is InChI=1S/C17H19N5O/c1-3-8-21-10-15-19-20-16(22(15)11(2)17(21)23)13-9-18-14-7-5-4-6-12(13)14/h4-7,9,11,18H,3,8,10H2,1-2H3/t11-/m0/s1. The van der Waals surface area contributed by atoms with Crippen molar-refractivity contribution in [2.45, 2.75) is 32.9 Å². The predicted octanol–water partition coefficient (Wildman–Crippen LogP) is 2.74. The van der Waals surface area contributed by atoms with Crippen molar-refractivity contribution in [3.05, 3.63) is 36.3 Å².